The Morgan fingerprint density at radius 1 is 1.03 bits per heavy atom. The lowest BCUT2D eigenvalue weighted by molar-refractivity contribution is 0.0240. The van der Waals surface area contributed by atoms with E-state index in [1.165, 1.54) is 7.11 Å². The van der Waals surface area contributed by atoms with Gasteiger partial charge in [0.2, 0.25) is 0 Å². The van der Waals surface area contributed by atoms with Crippen LogP contribution in [0.4, 0.5) is 16.2 Å². The van der Waals surface area contributed by atoms with Crippen LogP contribution in [-0.4, -0.2) is 75.2 Å². The van der Waals surface area contributed by atoms with E-state index < -0.39 is 5.60 Å². The minimum absolute atomic E-state index is 0.290. The van der Waals surface area contributed by atoms with Crippen molar-refractivity contribution in [3.8, 4) is 5.75 Å². The quantitative estimate of drug-likeness (QED) is 0.437. The molecule has 0 bridgehead atoms. The van der Waals surface area contributed by atoms with Gasteiger partial charge < -0.3 is 24.6 Å². The molecule has 1 saturated heterocycles. The molecule has 5 rings (SSSR count). The van der Waals surface area contributed by atoms with Crippen molar-refractivity contribution < 1.29 is 19.1 Å². The van der Waals surface area contributed by atoms with Crippen LogP contribution in [-0.2, 0) is 11.8 Å². The molecule has 1 N–H and O–H groups in total. The molecule has 1 aliphatic rings. The van der Waals surface area contributed by atoms with Crippen LogP contribution in [0, 0.1) is 6.92 Å². The van der Waals surface area contributed by atoms with Gasteiger partial charge in [0, 0.05) is 50.5 Å². The number of hydrogen-bond donors (Lipinski definition) is 1. The third-order valence-corrected chi connectivity index (χ3v) is 6.44. The number of carbonyl (C=O) groups is 2. The van der Waals surface area contributed by atoms with Crippen molar-refractivity contribution in [3.63, 3.8) is 0 Å². The highest BCUT2D eigenvalue weighted by atomic mass is 16.6. The number of carbonyl (C=O) groups excluding carboxylic acids is 2. The summed E-state index contributed by atoms with van der Waals surface area (Å²) in [4.78, 5) is 29.8. The van der Waals surface area contributed by atoms with Gasteiger partial charge in [-0.05, 0) is 52.0 Å². The molecule has 38 heavy (non-hydrogen) atoms. The fourth-order valence-electron chi connectivity index (χ4n) is 4.72. The zero-order valence-corrected chi connectivity index (χ0v) is 22.6. The third kappa shape index (κ3) is 4.96. The van der Waals surface area contributed by atoms with Gasteiger partial charge >= 0.3 is 6.09 Å². The second-order valence-electron chi connectivity index (χ2n) is 10.5. The molecule has 0 unspecified atom stereocenters. The Balaban J connectivity index is 1.38. The number of aromatic nitrogens is 4. The minimum atomic E-state index is -0.524. The van der Waals surface area contributed by atoms with Gasteiger partial charge in [-0.1, -0.05) is 0 Å². The SMILES string of the molecule is COc1cn2nc(C)cc2cc1C(=O)Nc1ccc(N2CCN(C(=O)OC(C)(C)C)CC2)c2cn(C)nc12. The number of nitrogens with zero attached hydrogens (tertiary/aromatic N) is 6. The zero-order chi connectivity index (χ0) is 27.2. The lowest BCUT2D eigenvalue weighted by Gasteiger charge is -2.37. The van der Waals surface area contributed by atoms with Gasteiger partial charge in [0.1, 0.15) is 16.9 Å². The molecule has 0 radical (unpaired) electrons. The van der Waals surface area contributed by atoms with E-state index in [0.717, 1.165) is 22.3 Å². The summed E-state index contributed by atoms with van der Waals surface area (Å²) in [5.74, 6) is 0.128. The smallest absolute Gasteiger partial charge is 0.410 e. The number of fused-ring (bicyclic) bond motifs is 2. The van der Waals surface area contributed by atoms with E-state index in [9.17, 15) is 9.59 Å². The maximum absolute atomic E-state index is 13.4. The Bertz CT molecular complexity index is 1520. The Morgan fingerprint density at radius 2 is 1.76 bits per heavy atom. The maximum Gasteiger partial charge on any atom is 0.410 e. The van der Waals surface area contributed by atoms with Crippen molar-refractivity contribution in [2.75, 3.05) is 43.5 Å². The molecule has 11 nitrogen and oxygen atoms in total. The van der Waals surface area contributed by atoms with Crippen molar-refractivity contribution in [2.45, 2.75) is 33.3 Å². The molecular weight excluding hydrogens is 486 g/mol. The second kappa shape index (κ2) is 9.55. The number of pyridine rings is 1. The first kappa shape index (κ1) is 25.4. The fourth-order valence-corrected chi connectivity index (χ4v) is 4.72. The average molecular weight is 520 g/mol. The number of amides is 2. The van der Waals surface area contributed by atoms with E-state index >= 15 is 0 Å². The Hall–Kier alpha value is -4.28. The molecular formula is C27H33N7O4. The van der Waals surface area contributed by atoms with E-state index in [1.807, 2.05) is 59.1 Å². The summed E-state index contributed by atoms with van der Waals surface area (Å²) >= 11 is 0. The summed E-state index contributed by atoms with van der Waals surface area (Å²) < 4.78 is 14.4. The topological polar surface area (TPSA) is 106 Å². The number of aryl methyl sites for hydroxylation is 2. The van der Waals surface area contributed by atoms with Crippen molar-refractivity contribution >= 4 is 39.8 Å². The van der Waals surface area contributed by atoms with Gasteiger partial charge in [-0.15, -0.1) is 0 Å². The number of piperazine rings is 1. The van der Waals surface area contributed by atoms with Gasteiger partial charge in [0.25, 0.3) is 5.91 Å². The van der Waals surface area contributed by atoms with Crippen molar-refractivity contribution in [1.29, 1.82) is 0 Å². The first-order valence-electron chi connectivity index (χ1n) is 12.6. The van der Waals surface area contributed by atoms with Crippen LogP contribution in [0.1, 0.15) is 36.8 Å². The van der Waals surface area contributed by atoms with Crippen LogP contribution in [0.2, 0.25) is 0 Å². The number of benzene rings is 1. The molecule has 4 heterocycles. The highest BCUT2D eigenvalue weighted by Crippen LogP contribution is 2.33. The van der Waals surface area contributed by atoms with Crippen molar-refractivity contribution in [3.05, 3.63) is 47.9 Å². The third-order valence-electron chi connectivity index (χ3n) is 6.44. The van der Waals surface area contributed by atoms with Crippen LogP contribution in [0.25, 0.3) is 16.4 Å². The van der Waals surface area contributed by atoms with E-state index in [4.69, 9.17) is 9.47 Å². The Morgan fingerprint density at radius 3 is 2.45 bits per heavy atom. The largest absolute Gasteiger partial charge is 0.494 e. The maximum atomic E-state index is 13.4. The van der Waals surface area contributed by atoms with Crippen molar-refractivity contribution in [1.82, 2.24) is 24.3 Å². The Labute approximate surface area is 220 Å². The Kier molecular flexibility index (Phi) is 6.38. The number of anilines is 2. The molecule has 1 aromatic carbocycles. The minimum Gasteiger partial charge on any atom is -0.494 e. The zero-order valence-electron chi connectivity index (χ0n) is 22.6. The molecule has 3 aromatic heterocycles. The summed E-state index contributed by atoms with van der Waals surface area (Å²) in [6.45, 7) is 9.95. The highest BCUT2D eigenvalue weighted by molar-refractivity contribution is 6.11. The number of hydrogen-bond acceptors (Lipinski definition) is 7. The van der Waals surface area contributed by atoms with Gasteiger partial charge in [-0.25, -0.2) is 9.31 Å². The summed E-state index contributed by atoms with van der Waals surface area (Å²) in [6, 6.07) is 7.53. The molecule has 4 aromatic rings. The second-order valence-corrected chi connectivity index (χ2v) is 10.5. The first-order valence-corrected chi connectivity index (χ1v) is 12.6. The number of ether oxygens (including phenoxy) is 2. The summed E-state index contributed by atoms with van der Waals surface area (Å²) in [7, 11) is 3.39. The van der Waals surface area contributed by atoms with Gasteiger partial charge in [-0.3, -0.25) is 9.48 Å². The van der Waals surface area contributed by atoms with E-state index in [2.05, 4.69) is 20.4 Å². The van der Waals surface area contributed by atoms with E-state index in [0.29, 0.717) is 48.7 Å². The van der Waals surface area contributed by atoms with Gasteiger partial charge in [0.15, 0.2) is 0 Å². The molecule has 0 aliphatic carbocycles. The van der Waals surface area contributed by atoms with E-state index in [-0.39, 0.29) is 12.0 Å². The van der Waals surface area contributed by atoms with Crippen molar-refractivity contribution in [2.24, 2.45) is 7.05 Å². The van der Waals surface area contributed by atoms with Crippen LogP contribution >= 0.6 is 0 Å². The average Bonchev–Trinajstić information content (AvgIpc) is 3.43. The molecule has 11 heteroatoms. The number of nitrogens with one attached hydrogen (secondary N) is 1. The van der Waals surface area contributed by atoms with Crippen LogP contribution < -0.4 is 15.0 Å². The summed E-state index contributed by atoms with van der Waals surface area (Å²) in [5.41, 5.74) is 3.83. The predicted octanol–water partition coefficient (Wildman–Crippen LogP) is 3.85. The standard InChI is InChI=1S/C27H33N7O4/c1-17-13-18-14-19(23(37-6)16-34(18)29-17)25(35)28-21-7-8-22(20-15-31(5)30-24(20)21)32-9-11-33(12-10-32)26(36)38-27(2,3)4/h7-8,13-16H,9-12H2,1-6H3,(H,28,35). The van der Waals surface area contributed by atoms with Crippen LogP contribution in [0.5, 0.6) is 5.75 Å². The van der Waals surface area contributed by atoms with E-state index in [1.54, 1.807) is 26.4 Å². The van der Waals surface area contributed by atoms with Crippen LogP contribution in [0.15, 0.2) is 36.7 Å². The lowest BCUT2D eigenvalue weighted by Crippen LogP contribution is -2.50. The summed E-state index contributed by atoms with van der Waals surface area (Å²) in [5, 5.41) is 13.0. The normalized spacial score (nSPS) is 14.3. The molecule has 2 amide bonds. The lowest BCUT2D eigenvalue weighted by atomic mass is 10.1. The molecule has 1 aliphatic heterocycles. The first-order chi connectivity index (χ1) is 18.0. The van der Waals surface area contributed by atoms with Gasteiger partial charge in [0.05, 0.1) is 35.8 Å². The molecule has 1 fully saturated rings. The van der Waals surface area contributed by atoms with Crippen LogP contribution in [0.3, 0.4) is 0 Å². The molecule has 200 valence electrons. The molecule has 0 saturated carbocycles. The molecule has 0 spiro atoms. The monoisotopic (exact) mass is 519 g/mol. The molecule has 0 atom stereocenters. The van der Waals surface area contributed by atoms with Gasteiger partial charge in [-0.2, -0.15) is 10.2 Å². The number of methoxy groups -OCH3 is 1. The highest BCUT2D eigenvalue weighted by Gasteiger charge is 2.27. The fraction of sp³-hybridized carbons (Fsp3) is 0.407. The predicted molar refractivity (Wildman–Crippen MR) is 145 cm³/mol. The summed E-state index contributed by atoms with van der Waals surface area (Å²) in [6.07, 6.45) is 3.36. The number of rotatable bonds is 4.